The van der Waals surface area contributed by atoms with E-state index in [2.05, 4.69) is 5.32 Å². The van der Waals surface area contributed by atoms with Gasteiger partial charge in [0.05, 0.1) is 6.61 Å². The van der Waals surface area contributed by atoms with Gasteiger partial charge in [0, 0.05) is 13.0 Å². The van der Waals surface area contributed by atoms with Gasteiger partial charge in [-0.3, -0.25) is 9.69 Å². The van der Waals surface area contributed by atoms with Crippen molar-refractivity contribution in [3.63, 3.8) is 0 Å². The third-order valence-corrected chi connectivity index (χ3v) is 4.35. The van der Waals surface area contributed by atoms with Crippen molar-refractivity contribution in [1.29, 1.82) is 0 Å². The minimum absolute atomic E-state index is 0.230. The molecule has 1 saturated heterocycles. The van der Waals surface area contributed by atoms with Crippen molar-refractivity contribution >= 4 is 18.0 Å². The molecule has 0 aliphatic carbocycles. The average molecular weight is 390 g/mol. The molecule has 154 valence electrons. The number of likely N-dealkylation sites (tertiary alicyclic amines) is 1. The Morgan fingerprint density at radius 3 is 2.50 bits per heavy atom. The number of esters is 1. The van der Waals surface area contributed by atoms with Crippen LogP contribution in [0.25, 0.3) is 0 Å². The molecule has 7 heteroatoms. The van der Waals surface area contributed by atoms with E-state index < -0.39 is 29.7 Å². The second-order valence-corrected chi connectivity index (χ2v) is 7.83. The number of rotatable bonds is 6. The van der Waals surface area contributed by atoms with E-state index in [4.69, 9.17) is 9.47 Å². The van der Waals surface area contributed by atoms with Crippen LogP contribution in [0.15, 0.2) is 30.3 Å². The van der Waals surface area contributed by atoms with Crippen molar-refractivity contribution < 1.29 is 23.9 Å². The van der Waals surface area contributed by atoms with Gasteiger partial charge in [-0.2, -0.15) is 0 Å². The largest absolute Gasteiger partial charge is 0.464 e. The maximum atomic E-state index is 12.9. The quantitative estimate of drug-likeness (QED) is 0.755. The lowest BCUT2D eigenvalue weighted by molar-refractivity contribution is -0.147. The summed E-state index contributed by atoms with van der Waals surface area (Å²) < 4.78 is 10.5. The van der Waals surface area contributed by atoms with Crippen LogP contribution >= 0.6 is 0 Å². The molecule has 1 heterocycles. The maximum absolute atomic E-state index is 12.9. The van der Waals surface area contributed by atoms with Crippen molar-refractivity contribution in [2.45, 2.75) is 64.6 Å². The summed E-state index contributed by atoms with van der Waals surface area (Å²) in [6, 6.07) is 7.96. The molecule has 0 bridgehead atoms. The van der Waals surface area contributed by atoms with Crippen LogP contribution < -0.4 is 5.32 Å². The SMILES string of the molecule is CCOC(=O)[C@@H](Cc1ccccc1)NC(=O)[C@@H]1CCCN1C(=O)OC(C)(C)C. The van der Waals surface area contributed by atoms with E-state index in [0.717, 1.165) is 5.56 Å². The van der Waals surface area contributed by atoms with Crippen molar-refractivity contribution in [2.24, 2.45) is 0 Å². The summed E-state index contributed by atoms with van der Waals surface area (Å²) in [5, 5.41) is 2.78. The predicted octanol–water partition coefficient (Wildman–Crippen LogP) is 2.68. The van der Waals surface area contributed by atoms with Crippen LogP contribution in [0.2, 0.25) is 0 Å². The Hall–Kier alpha value is -2.57. The van der Waals surface area contributed by atoms with E-state index in [9.17, 15) is 14.4 Å². The van der Waals surface area contributed by atoms with Crippen LogP contribution in [-0.2, 0) is 25.5 Å². The van der Waals surface area contributed by atoms with Crippen molar-refractivity contribution in [2.75, 3.05) is 13.2 Å². The van der Waals surface area contributed by atoms with E-state index in [1.54, 1.807) is 27.7 Å². The summed E-state index contributed by atoms with van der Waals surface area (Å²) in [7, 11) is 0. The van der Waals surface area contributed by atoms with Crippen LogP contribution in [0.5, 0.6) is 0 Å². The molecule has 28 heavy (non-hydrogen) atoms. The highest BCUT2D eigenvalue weighted by atomic mass is 16.6. The summed E-state index contributed by atoms with van der Waals surface area (Å²) in [5.41, 5.74) is 0.276. The van der Waals surface area contributed by atoms with Crippen LogP contribution in [0.1, 0.15) is 46.1 Å². The van der Waals surface area contributed by atoms with Gasteiger partial charge in [-0.05, 0) is 46.1 Å². The van der Waals surface area contributed by atoms with Gasteiger partial charge in [0.25, 0.3) is 0 Å². The average Bonchev–Trinajstić information content (AvgIpc) is 3.11. The van der Waals surface area contributed by atoms with Crippen LogP contribution in [-0.4, -0.2) is 53.7 Å². The fraction of sp³-hybridized carbons (Fsp3) is 0.571. The molecule has 1 fully saturated rings. The Morgan fingerprint density at radius 1 is 1.21 bits per heavy atom. The van der Waals surface area contributed by atoms with Gasteiger partial charge in [-0.25, -0.2) is 9.59 Å². The number of benzene rings is 1. The van der Waals surface area contributed by atoms with E-state index in [-0.39, 0.29) is 12.5 Å². The predicted molar refractivity (Wildman–Crippen MR) is 105 cm³/mol. The lowest BCUT2D eigenvalue weighted by atomic mass is 10.1. The zero-order valence-corrected chi connectivity index (χ0v) is 17.1. The van der Waals surface area contributed by atoms with E-state index >= 15 is 0 Å². The minimum atomic E-state index is -0.809. The molecular weight excluding hydrogens is 360 g/mol. The highest BCUT2D eigenvalue weighted by molar-refractivity contribution is 5.90. The van der Waals surface area contributed by atoms with E-state index in [0.29, 0.717) is 25.8 Å². The fourth-order valence-corrected chi connectivity index (χ4v) is 3.13. The fourth-order valence-electron chi connectivity index (χ4n) is 3.13. The summed E-state index contributed by atoms with van der Waals surface area (Å²) in [4.78, 5) is 39.1. The van der Waals surface area contributed by atoms with Crippen molar-refractivity contribution in [1.82, 2.24) is 10.2 Å². The number of carbonyl (C=O) groups is 3. The number of nitrogens with zero attached hydrogens (tertiary/aromatic N) is 1. The topological polar surface area (TPSA) is 84.9 Å². The number of hydrogen-bond donors (Lipinski definition) is 1. The number of carbonyl (C=O) groups excluding carboxylic acids is 3. The zero-order valence-electron chi connectivity index (χ0n) is 17.1. The molecule has 2 atom stereocenters. The molecule has 1 aromatic rings. The smallest absolute Gasteiger partial charge is 0.410 e. The molecule has 0 spiro atoms. The first-order valence-corrected chi connectivity index (χ1v) is 9.72. The van der Waals surface area contributed by atoms with Crippen LogP contribution in [0.3, 0.4) is 0 Å². The Morgan fingerprint density at radius 2 is 1.89 bits per heavy atom. The number of hydrogen-bond acceptors (Lipinski definition) is 5. The second-order valence-electron chi connectivity index (χ2n) is 7.83. The summed E-state index contributed by atoms with van der Waals surface area (Å²) in [6.07, 6.45) is 1.05. The summed E-state index contributed by atoms with van der Waals surface area (Å²) >= 11 is 0. The van der Waals surface area contributed by atoms with E-state index in [1.807, 2.05) is 30.3 Å². The van der Waals surface area contributed by atoms with Gasteiger partial charge in [0.1, 0.15) is 17.7 Å². The molecule has 0 unspecified atom stereocenters. The van der Waals surface area contributed by atoms with Gasteiger partial charge in [-0.1, -0.05) is 30.3 Å². The molecule has 1 aliphatic heterocycles. The molecule has 2 amide bonds. The Labute approximate surface area is 166 Å². The van der Waals surface area contributed by atoms with Crippen molar-refractivity contribution in [3.05, 3.63) is 35.9 Å². The summed E-state index contributed by atoms with van der Waals surface area (Å²) in [5.74, 6) is -0.848. The maximum Gasteiger partial charge on any atom is 0.410 e. The van der Waals surface area contributed by atoms with Gasteiger partial charge in [0.2, 0.25) is 5.91 Å². The third kappa shape index (κ3) is 6.25. The zero-order chi connectivity index (χ0) is 20.7. The highest BCUT2D eigenvalue weighted by Crippen LogP contribution is 2.21. The Bertz CT molecular complexity index is 684. The Balaban J connectivity index is 2.08. The van der Waals surface area contributed by atoms with Crippen LogP contribution in [0, 0.1) is 0 Å². The first kappa shape index (κ1) is 21.7. The molecule has 0 saturated carbocycles. The van der Waals surface area contributed by atoms with E-state index in [1.165, 1.54) is 4.90 Å². The second kappa shape index (κ2) is 9.57. The Kier molecular flexibility index (Phi) is 7.43. The third-order valence-electron chi connectivity index (χ3n) is 4.35. The minimum Gasteiger partial charge on any atom is -0.464 e. The van der Waals surface area contributed by atoms with Gasteiger partial charge in [-0.15, -0.1) is 0 Å². The van der Waals surface area contributed by atoms with Crippen LogP contribution in [0.4, 0.5) is 4.79 Å². The summed E-state index contributed by atoms with van der Waals surface area (Å²) in [6.45, 7) is 7.76. The highest BCUT2D eigenvalue weighted by Gasteiger charge is 2.38. The number of amides is 2. The molecule has 0 aromatic heterocycles. The lowest BCUT2D eigenvalue weighted by Crippen LogP contribution is -2.52. The van der Waals surface area contributed by atoms with Gasteiger partial charge >= 0.3 is 12.1 Å². The normalized spacial score (nSPS) is 17.7. The molecule has 2 rings (SSSR count). The molecule has 1 aliphatic rings. The van der Waals surface area contributed by atoms with Gasteiger partial charge in [0.15, 0.2) is 0 Å². The molecule has 1 aromatic carbocycles. The molecular formula is C21H30N2O5. The molecule has 7 nitrogen and oxygen atoms in total. The first-order valence-electron chi connectivity index (χ1n) is 9.72. The first-order chi connectivity index (χ1) is 13.2. The standard InChI is InChI=1S/C21H30N2O5/c1-5-27-19(25)16(14-15-10-7-6-8-11-15)22-18(24)17-12-9-13-23(17)20(26)28-21(2,3)4/h6-8,10-11,16-17H,5,9,12-14H2,1-4H3,(H,22,24)/t16-,17+/m1/s1. The number of ether oxygens (including phenoxy) is 2. The molecule has 1 N–H and O–H groups in total. The number of nitrogens with one attached hydrogen (secondary N) is 1. The lowest BCUT2D eigenvalue weighted by Gasteiger charge is -2.29. The van der Waals surface area contributed by atoms with Gasteiger partial charge < -0.3 is 14.8 Å². The monoisotopic (exact) mass is 390 g/mol. The molecule has 0 radical (unpaired) electrons. The van der Waals surface area contributed by atoms with Crippen molar-refractivity contribution in [3.8, 4) is 0 Å².